The van der Waals surface area contributed by atoms with Gasteiger partial charge >= 0.3 is 0 Å². The summed E-state index contributed by atoms with van der Waals surface area (Å²) in [5.74, 6) is 1.87. The van der Waals surface area contributed by atoms with Crippen LogP contribution in [0.15, 0.2) is 22.7 Å². The molecule has 0 radical (unpaired) electrons. The fourth-order valence-corrected chi connectivity index (χ4v) is 2.98. The Morgan fingerprint density at radius 3 is 3.16 bits per heavy atom. The molecule has 0 bridgehead atoms. The minimum Gasteiger partial charge on any atom is -0.492 e. The van der Waals surface area contributed by atoms with E-state index in [0.29, 0.717) is 6.61 Å². The number of nitrogens with one attached hydrogen (secondary N) is 1. The molecule has 1 N–H and O–H groups in total. The second kappa shape index (κ2) is 7.20. The molecule has 0 aromatic heterocycles. The largest absolute Gasteiger partial charge is 0.492 e. The smallest absolute Gasteiger partial charge is 0.231 e. The number of halogens is 1. The molecule has 5 heteroatoms. The minimum absolute atomic E-state index is 0.0704. The number of hydrogen-bond acceptors (Lipinski definition) is 3. The van der Waals surface area contributed by atoms with Crippen LogP contribution in [0.3, 0.4) is 0 Å². The lowest BCUT2D eigenvalue weighted by Crippen LogP contribution is -2.31. The second-order valence-corrected chi connectivity index (χ2v) is 6.44. The Morgan fingerprint density at radius 2 is 2.37 bits per heavy atom. The van der Waals surface area contributed by atoms with Crippen LogP contribution in [0.25, 0.3) is 0 Å². The highest BCUT2D eigenvalue weighted by atomic mass is 79.9. The van der Waals surface area contributed by atoms with Crippen LogP contribution in [0, 0.1) is 0 Å². The highest BCUT2D eigenvalue weighted by Crippen LogP contribution is 2.35. The Labute approximate surface area is 126 Å². The summed E-state index contributed by atoms with van der Waals surface area (Å²) in [6.45, 7) is 1.20. The summed E-state index contributed by atoms with van der Waals surface area (Å²) < 4.78 is 6.53. The van der Waals surface area contributed by atoms with Crippen molar-refractivity contribution in [2.45, 2.75) is 18.8 Å². The third kappa shape index (κ3) is 3.89. The summed E-state index contributed by atoms with van der Waals surface area (Å²) in [5.41, 5.74) is 0.982. The number of carbonyl (C=O) groups is 1. The van der Waals surface area contributed by atoms with Gasteiger partial charge in [-0.05, 0) is 43.0 Å². The lowest BCUT2D eigenvalue weighted by atomic mass is 10.0. The number of benzene rings is 1. The second-order valence-electron chi connectivity index (χ2n) is 4.54. The number of ether oxygens (including phenoxy) is 1. The third-order valence-electron chi connectivity index (χ3n) is 3.14. The van der Waals surface area contributed by atoms with Crippen LogP contribution >= 0.6 is 27.7 Å². The lowest BCUT2D eigenvalue weighted by molar-refractivity contribution is -0.122. The van der Waals surface area contributed by atoms with Crippen molar-refractivity contribution in [3.63, 3.8) is 0 Å². The number of fused-ring (bicyclic) bond motifs is 1. The van der Waals surface area contributed by atoms with Crippen molar-refractivity contribution in [1.82, 2.24) is 5.32 Å². The molecule has 1 aromatic carbocycles. The van der Waals surface area contributed by atoms with Gasteiger partial charge in [0, 0.05) is 16.6 Å². The van der Waals surface area contributed by atoms with E-state index in [1.54, 1.807) is 0 Å². The van der Waals surface area contributed by atoms with Gasteiger partial charge in [0.05, 0.1) is 0 Å². The van der Waals surface area contributed by atoms with Crippen LogP contribution < -0.4 is 10.1 Å². The quantitative estimate of drug-likeness (QED) is 0.806. The predicted octanol–water partition coefficient (Wildman–Crippen LogP) is 3.18. The first-order chi connectivity index (χ1) is 9.22. The third-order valence-corrected chi connectivity index (χ3v) is 4.33. The zero-order valence-corrected chi connectivity index (χ0v) is 13.4. The van der Waals surface area contributed by atoms with E-state index in [-0.39, 0.29) is 11.8 Å². The Balaban J connectivity index is 1.87. The molecule has 0 saturated heterocycles. The van der Waals surface area contributed by atoms with E-state index in [0.717, 1.165) is 40.9 Å². The monoisotopic (exact) mass is 343 g/mol. The lowest BCUT2D eigenvalue weighted by Gasteiger charge is -2.10. The first-order valence-electron chi connectivity index (χ1n) is 6.41. The molecular formula is C14H18BrNO2S. The maximum Gasteiger partial charge on any atom is 0.231 e. The zero-order chi connectivity index (χ0) is 13.7. The van der Waals surface area contributed by atoms with Gasteiger partial charge in [0.2, 0.25) is 5.91 Å². The van der Waals surface area contributed by atoms with Gasteiger partial charge in [0.1, 0.15) is 18.3 Å². The first kappa shape index (κ1) is 14.7. The molecule has 1 heterocycles. The summed E-state index contributed by atoms with van der Waals surface area (Å²) in [5, 5.41) is 3.00. The molecule has 1 aliphatic rings. The minimum atomic E-state index is -0.173. The predicted molar refractivity (Wildman–Crippen MR) is 83.0 cm³/mol. The molecule has 19 heavy (non-hydrogen) atoms. The molecule has 3 nitrogen and oxygen atoms in total. The van der Waals surface area contributed by atoms with Crippen LogP contribution in [-0.4, -0.2) is 31.1 Å². The maximum absolute atomic E-state index is 12.1. The standard InChI is InChI=1S/C14H18BrNO2S/c1-19-7-3-2-6-16-14(17)12-9-18-13-5-4-10(15)8-11(12)13/h4-5,8,12H,2-3,6-7,9H2,1H3,(H,16,17)/t12-/m1/s1. The highest BCUT2D eigenvalue weighted by molar-refractivity contribution is 9.10. The Bertz CT molecular complexity index is 453. The number of carbonyl (C=O) groups excluding carboxylic acids is 1. The van der Waals surface area contributed by atoms with E-state index in [9.17, 15) is 4.79 Å². The fraction of sp³-hybridized carbons (Fsp3) is 0.500. The SMILES string of the molecule is CSCCCCNC(=O)[C@@H]1COc2ccc(Br)cc21. The van der Waals surface area contributed by atoms with E-state index in [1.165, 1.54) is 0 Å². The zero-order valence-electron chi connectivity index (χ0n) is 10.9. The van der Waals surface area contributed by atoms with Crippen molar-refractivity contribution in [2.75, 3.05) is 25.2 Å². The van der Waals surface area contributed by atoms with Gasteiger partial charge in [-0.2, -0.15) is 11.8 Å². The number of thioether (sulfide) groups is 1. The van der Waals surface area contributed by atoms with Crippen LogP contribution in [0.1, 0.15) is 24.3 Å². The van der Waals surface area contributed by atoms with Crippen LogP contribution in [0.2, 0.25) is 0 Å². The number of rotatable bonds is 6. The molecular weight excluding hydrogens is 326 g/mol. The first-order valence-corrected chi connectivity index (χ1v) is 8.60. The number of unbranched alkanes of at least 4 members (excludes halogenated alkanes) is 1. The van der Waals surface area contributed by atoms with E-state index in [1.807, 2.05) is 30.0 Å². The maximum atomic E-state index is 12.1. The average Bonchev–Trinajstić information content (AvgIpc) is 2.81. The summed E-state index contributed by atoms with van der Waals surface area (Å²) in [4.78, 5) is 12.1. The molecule has 2 rings (SSSR count). The van der Waals surface area contributed by atoms with Gasteiger partial charge in [-0.3, -0.25) is 4.79 Å². The molecule has 0 fully saturated rings. The van der Waals surface area contributed by atoms with Crippen molar-refractivity contribution < 1.29 is 9.53 Å². The van der Waals surface area contributed by atoms with E-state index < -0.39 is 0 Å². The molecule has 0 spiro atoms. The molecule has 0 unspecified atom stereocenters. The van der Waals surface area contributed by atoms with E-state index >= 15 is 0 Å². The summed E-state index contributed by atoms with van der Waals surface area (Å²) in [6.07, 6.45) is 4.28. The summed E-state index contributed by atoms with van der Waals surface area (Å²) in [6, 6.07) is 5.81. The summed E-state index contributed by atoms with van der Waals surface area (Å²) in [7, 11) is 0. The van der Waals surface area contributed by atoms with E-state index in [4.69, 9.17) is 4.74 Å². The van der Waals surface area contributed by atoms with Gasteiger partial charge < -0.3 is 10.1 Å². The van der Waals surface area contributed by atoms with Crippen LogP contribution in [-0.2, 0) is 4.79 Å². The van der Waals surface area contributed by atoms with Crippen molar-refractivity contribution in [1.29, 1.82) is 0 Å². The fourth-order valence-electron chi connectivity index (χ4n) is 2.11. The van der Waals surface area contributed by atoms with E-state index in [2.05, 4.69) is 27.5 Å². The molecule has 1 amide bonds. The van der Waals surface area contributed by atoms with Gasteiger partial charge in [0.25, 0.3) is 0 Å². The molecule has 1 aliphatic heterocycles. The van der Waals surface area contributed by atoms with Gasteiger partial charge in [-0.1, -0.05) is 15.9 Å². The van der Waals surface area contributed by atoms with Crippen molar-refractivity contribution in [3.05, 3.63) is 28.2 Å². The van der Waals surface area contributed by atoms with Crippen molar-refractivity contribution >= 4 is 33.6 Å². The van der Waals surface area contributed by atoms with Crippen molar-refractivity contribution in [2.24, 2.45) is 0 Å². The van der Waals surface area contributed by atoms with Crippen molar-refractivity contribution in [3.8, 4) is 5.75 Å². The molecule has 0 saturated carbocycles. The van der Waals surface area contributed by atoms with Gasteiger partial charge in [-0.15, -0.1) is 0 Å². The molecule has 1 atom stereocenters. The van der Waals surface area contributed by atoms with Crippen LogP contribution in [0.4, 0.5) is 0 Å². The normalized spacial score (nSPS) is 16.8. The number of hydrogen-bond donors (Lipinski definition) is 1. The summed E-state index contributed by atoms with van der Waals surface area (Å²) >= 11 is 5.27. The topological polar surface area (TPSA) is 38.3 Å². The Morgan fingerprint density at radius 1 is 1.53 bits per heavy atom. The molecule has 104 valence electrons. The van der Waals surface area contributed by atoms with Gasteiger partial charge in [0.15, 0.2) is 0 Å². The van der Waals surface area contributed by atoms with Gasteiger partial charge in [-0.25, -0.2) is 0 Å². The Kier molecular flexibility index (Phi) is 5.58. The average molecular weight is 344 g/mol. The Hall–Kier alpha value is -0.680. The molecule has 0 aliphatic carbocycles. The van der Waals surface area contributed by atoms with Crippen LogP contribution in [0.5, 0.6) is 5.75 Å². The number of amides is 1. The highest BCUT2D eigenvalue weighted by Gasteiger charge is 2.30. The molecule has 1 aromatic rings.